The Kier molecular flexibility index (Phi) is 3.86. The van der Waals surface area contributed by atoms with Gasteiger partial charge in [-0.3, -0.25) is 4.79 Å². The van der Waals surface area contributed by atoms with Crippen LogP contribution in [0.5, 0.6) is 0 Å². The predicted octanol–water partition coefficient (Wildman–Crippen LogP) is 4.13. The van der Waals surface area contributed by atoms with E-state index in [1.165, 1.54) is 5.56 Å². The highest BCUT2D eigenvalue weighted by molar-refractivity contribution is 6.83. The van der Waals surface area contributed by atoms with Crippen molar-refractivity contribution in [1.29, 1.82) is 0 Å². The second-order valence-corrected chi connectivity index (χ2v) is 13.4. The Morgan fingerprint density at radius 1 is 1.14 bits per heavy atom. The quantitative estimate of drug-likeness (QED) is 0.836. The first kappa shape index (κ1) is 16.3. The van der Waals surface area contributed by atoms with Crippen molar-refractivity contribution in [2.24, 2.45) is 5.92 Å². The lowest BCUT2D eigenvalue weighted by atomic mass is 9.93. The third-order valence-corrected chi connectivity index (χ3v) is 13.9. The molecule has 1 saturated heterocycles. The van der Waals surface area contributed by atoms with Crippen molar-refractivity contribution < 1.29 is 4.79 Å². The summed E-state index contributed by atoms with van der Waals surface area (Å²) in [5, 5.41) is 3.34. The fraction of sp³-hybridized carbons (Fsp3) is 0.611. The van der Waals surface area contributed by atoms with Crippen molar-refractivity contribution in [3.8, 4) is 0 Å². The van der Waals surface area contributed by atoms with Gasteiger partial charge in [0, 0.05) is 12.0 Å². The lowest BCUT2D eigenvalue weighted by Crippen LogP contribution is -2.60. The number of carbonyl (C=O) groups excluding carboxylic acids is 1. The summed E-state index contributed by atoms with van der Waals surface area (Å²) in [5.41, 5.74) is 1.39. The molecule has 1 amide bonds. The minimum Gasteiger partial charge on any atom is -0.353 e. The van der Waals surface area contributed by atoms with E-state index in [2.05, 4.69) is 83.4 Å². The van der Waals surface area contributed by atoms with Gasteiger partial charge in [-0.05, 0) is 22.6 Å². The number of amides is 1. The average molecular weight is 304 g/mol. The predicted molar refractivity (Wildman–Crippen MR) is 92.1 cm³/mol. The van der Waals surface area contributed by atoms with E-state index in [1.807, 2.05) is 0 Å². The van der Waals surface area contributed by atoms with Gasteiger partial charge >= 0.3 is 0 Å². The fourth-order valence-electron chi connectivity index (χ4n) is 4.11. The molecule has 0 saturated carbocycles. The number of nitrogens with one attached hydrogen (secondary N) is 1. The van der Waals surface area contributed by atoms with Gasteiger partial charge in [0.15, 0.2) is 0 Å². The maximum atomic E-state index is 12.2. The zero-order valence-corrected chi connectivity index (χ0v) is 15.4. The van der Waals surface area contributed by atoms with Gasteiger partial charge in [-0.25, -0.2) is 0 Å². The summed E-state index contributed by atoms with van der Waals surface area (Å²) in [4.78, 5) is 12.2. The third kappa shape index (κ3) is 2.09. The molecule has 1 aliphatic rings. The molecule has 3 atom stereocenters. The second-order valence-electron chi connectivity index (χ2n) is 7.85. The van der Waals surface area contributed by atoms with Crippen LogP contribution in [-0.2, 0) is 9.83 Å². The molecule has 0 radical (unpaired) electrons. The molecule has 116 valence electrons. The molecule has 0 unspecified atom stereocenters. The highest BCUT2D eigenvalue weighted by Crippen LogP contribution is 2.57. The maximum absolute atomic E-state index is 12.2. The van der Waals surface area contributed by atoms with Crippen LogP contribution in [0.4, 0.5) is 0 Å². The summed E-state index contributed by atoms with van der Waals surface area (Å²) in [6.45, 7) is 16.2. The van der Waals surface area contributed by atoms with Crippen LogP contribution in [0.15, 0.2) is 30.3 Å². The van der Waals surface area contributed by atoms with E-state index in [4.69, 9.17) is 0 Å². The summed E-state index contributed by atoms with van der Waals surface area (Å²) < 4.78 is 0. The molecular weight excluding hydrogens is 274 g/mol. The van der Waals surface area contributed by atoms with Crippen molar-refractivity contribution in [2.75, 3.05) is 0 Å². The lowest BCUT2D eigenvalue weighted by molar-refractivity contribution is -0.122. The monoisotopic (exact) mass is 303 g/mol. The van der Waals surface area contributed by atoms with Crippen LogP contribution >= 0.6 is 0 Å². The summed E-state index contributed by atoms with van der Waals surface area (Å²) in [6, 6.07) is 11.0. The largest absolute Gasteiger partial charge is 0.353 e. The number of carbonyl (C=O) groups is 1. The zero-order chi connectivity index (χ0) is 16.1. The van der Waals surface area contributed by atoms with Gasteiger partial charge in [0.2, 0.25) is 5.91 Å². The summed E-state index contributed by atoms with van der Waals surface area (Å²) >= 11 is 0. The van der Waals surface area contributed by atoms with E-state index in [9.17, 15) is 4.79 Å². The van der Waals surface area contributed by atoms with Gasteiger partial charge < -0.3 is 5.32 Å². The van der Waals surface area contributed by atoms with E-state index in [0.717, 1.165) is 0 Å². The number of benzene rings is 1. The molecule has 0 spiro atoms. The molecule has 1 N–H and O–H groups in total. The fourth-order valence-corrected chi connectivity index (χ4v) is 8.71. The van der Waals surface area contributed by atoms with Crippen molar-refractivity contribution in [3.63, 3.8) is 0 Å². The Balaban J connectivity index is 2.53. The van der Waals surface area contributed by atoms with Crippen LogP contribution in [0.3, 0.4) is 0 Å². The van der Waals surface area contributed by atoms with Crippen molar-refractivity contribution >= 4 is 14.0 Å². The molecule has 2 rings (SSSR count). The number of rotatable bonds is 3. The van der Waals surface area contributed by atoms with Crippen LogP contribution in [0.1, 0.15) is 40.2 Å². The first-order valence-corrected chi connectivity index (χ1v) is 10.9. The van der Waals surface area contributed by atoms with Crippen LogP contribution in [0, 0.1) is 5.92 Å². The molecule has 0 bridgehead atoms. The number of hydrogen-bond acceptors (Lipinski definition) is 1. The van der Waals surface area contributed by atoms with E-state index < -0.39 is 8.07 Å². The Labute approximate surface area is 130 Å². The Bertz CT molecular complexity index is 537. The van der Waals surface area contributed by atoms with E-state index in [1.54, 1.807) is 0 Å². The zero-order valence-electron chi connectivity index (χ0n) is 14.4. The molecule has 1 heterocycles. The Morgan fingerprint density at radius 3 is 2.10 bits per heavy atom. The topological polar surface area (TPSA) is 29.1 Å². The standard InChI is InChI=1S/C18H29NOSi/c1-13-16(20)19-14(2)18(13,5)21(6,7)17(3,4)15-11-9-8-10-12-15/h8-14H,1-7H3,(H,19,20)/t13-,14-,18+/m0/s1. The van der Waals surface area contributed by atoms with Crippen LogP contribution < -0.4 is 5.32 Å². The van der Waals surface area contributed by atoms with Gasteiger partial charge in [-0.15, -0.1) is 0 Å². The first-order chi connectivity index (χ1) is 9.56. The van der Waals surface area contributed by atoms with Crippen molar-refractivity contribution in [2.45, 2.75) is 63.8 Å². The molecular formula is C18H29NOSi. The highest BCUT2D eigenvalue weighted by atomic mass is 28.3. The SMILES string of the molecule is C[C@@H]1NC(=O)[C@H](C)[C@@]1(C)[Si](C)(C)C(C)(C)c1ccccc1. The highest BCUT2D eigenvalue weighted by Gasteiger charge is 2.61. The molecule has 1 aromatic carbocycles. The van der Waals surface area contributed by atoms with Gasteiger partial charge in [0.05, 0.1) is 8.07 Å². The maximum Gasteiger partial charge on any atom is 0.223 e. The second kappa shape index (κ2) is 4.98. The van der Waals surface area contributed by atoms with E-state index in [0.29, 0.717) is 0 Å². The molecule has 1 aliphatic heterocycles. The van der Waals surface area contributed by atoms with Gasteiger partial charge in [-0.2, -0.15) is 0 Å². The minimum absolute atomic E-state index is 0.0451. The van der Waals surface area contributed by atoms with Crippen LogP contribution in [-0.4, -0.2) is 20.0 Å². The smallest absolute Gasteiger partial charge is 0.223 e. The Morgan fingerprint density at radius 2 is 1.67 bits per heavy atom. The number of hydrogen-bond donors (Lipinski definition) is 1. The first-order valence-electron chi connectivity index (χ1n) is 7.92. The Hall–Kier alpha value is -1.09. The molecule has 0 aromatic heterocycles. The lowest BCUT2D eigenvalue weighted by Gasteiger charge is -2.54. The summed E-state index contributed by atoms with van der Waals surface area (Å²) in [6.07, 6.45) is 0. The van der Waals surface area contributed by atoms with Crippen LogP contribution in [0.25, 0.3) is 0 Å². The average Bonchev–Trinajstić information content (AvgIpc) is 2.64. The molecule has 21 heavy (non-hydrogen) atoms. The summed E-state index contributed by atoms with van der Waals surface area (Å²) in [5.74, 6) is 0.298. The molecule has 2 nitrogen and oxygen atoms in total. The van der Waals surface area contributed by atoms with Gasteiger partial charge in [0.1, 0.15) is 0 Å². The summed E-state index contributed by atoms with van der Waals surface area (Å²) in [7, 11) is -1.81. The molecule has 0 aliphatic carbocycles. The minimum atomic E-state index is -1.81. The molecule has 1 aromatic rings. The van der Waals surface area contributed by atoms with Gasteiger partial charge in [-0.1, -0.05) is 71.1 Å². The molecule has 3 heteroatoms. The van der Waals surface area contributed by atoms with Crippen molar-refractivity contribution in [3.05, 3.63) is 35.9 Å². The van der Waals surface area contributed by atoms with E-state index >= 15 is 0 Å². The van der Waals surface area contributed by atoms with Crippen molar-refractivity contribution in [1.82, 2.24) is 5.32 Å². The molecule has 1 fully saturated rings. The van der Waals surface area contributed by atoms with Crippen LogP contribution in [0.2, 0.25) is 18.1 Å². The van der Waals surface area contributed by atoms with Gasteiger partial charge in [0.25, 0.3) is 0 Å². The van der Waals surface area contributed by atoms with E-state index in [-0.39, 0.29) is 27.9 Å². The third-order valence-electron chi connectivity index (χ3n) is 6.96. The normalized spacial score (nSPS) is 30.3.